The van der Waals surface area contributed by atoms with Crippen LogP contribution in [-0.2, 0) is 22.4 Å². The second-order valence-corrected chi connectivity index (χ2v) is 8.31. The average molecular weight is 373 g/mol. The van der Waals surface area contributed by atoms with Crippen LogP contribution >= 0.6 is 0 Å². The van der Waals surface area contributed by atoms with Crippen LogP contribution in [0.5, 0.6) is 0 Å². The first-order valence-electron chi connectivity index (χ1n) is 9.63. The Morgan fingerprint density at radius 3 is 2.52 bits per heavy atom. The highest BCUT2D eigenvalue weighted by atomic mass is 16.4. The summed E-state index contributed by atoms with van der Waals surface area (Å²) in [7, 11) is 3.85. The molecule has 0 bridgehead atoms. The summed E-state index contributed by atoms with van der Waals surface area (Å²) in [5, 5.41) is 10.0. The van der Waals surface area contributed by atoms with Crippen LogP contribution in [0, 0.1) is 11.3 Å². The van der Waals surface area contributed by atoms with Crippen LogP contribution in [0.4, 0.5) is 11.8 Å². The maximum atomic E-state index is 12.2. The first-order chi connectivity index (χ1) is 12.8. The lowest BCUT2D eigenvalue weighted by Crippen LogP contribution is -2.42. The number of anilines is 2. The fourth-order valence-corrected chi connectivity index (χ4v) is 4.79. The number of carboxylic acids is 1. The zero-order chi connectivity index (χ0) is 19.3. The Morgan fingerprint density at radius 2 is 1.89 bits per heavy atom. The number of hydrogen-bond donors (Lipinski definition) is 1. The molecule has 1 N–H and O–H groups in total. The van der Waals surface area contributed by atoms with Gasteiger partial charge in [-0.3, -0.25) is 9.59 Å². The van der Waals surface area contributed by atoms with E-state index in [1.807, 2.05) is 19.0 Å². The van der Waals surface area contributed by atoms with Crippen LogP contribution in [0.15, 0.2) is 0 Å². The highest BCUT2D eigenvalue weighted by molar-refractivity contribution is 5.81. The molecule has 3 aliphatic rings. The van der Waals surface area contributed by atoms with Crippen molar-refractivity contribution in [1.82, 2.24) is 14.9 Å². The lowest BCUT2D eigenvalue weighted by Gasteiger charge is -2.29. The van der Waals surface area contributed by atoms with Gasteiger partial charge in [-0.1, -0.05) is 0 Å². The molecule has 1 amide bonds. The molecular weight excluding hydrogens is 346 g/mol. The van der Waals surface area contributed by atoms with Crippen LogP contribution in [0.3, 0.4) is 0 Å². The number of likely N-dealkylation sites (tertiary alicyclic amines) is 1. The maximum absolute atomic E-state index is 12.2. The van der Waals surface area contributed by atoms with Crippen LogP contribution in [0.1, 0.15) is 31.0 Å². The van der Waals surface area contributed by atoms with Crippen molar-refractivity contribution in [1.29, 1.82) is 0 Å². The maximum Gasteiger partial charge on any atom is 0.313 e. The fraction of sp³-hybridized carbons (Fsp3) is 0.684. The summed E-state index contributed by atoms with van der Waals surface area (Å²) in [5.74, 6) is 0.640. The SMILES string of the molecule is CC(=O)N1C[C@H]2CN(c3nc(N(C)C)nc4c3CCCC4)C[C@@]2(C(=O)O)C1. The van der Waals surface area contributed by atoms with Crippen LogP contribution < -0.4 is 9.80 Å². The van der Waals surface area contributed by atoms with Crippen molar-refractivity contribution >= 4 is 23.6 Å². The van der Waals surface area contributed by atoms with Crippen molar-refractivity contribution in [3.8, 4) is 0 Å². The number of hydrogen-bond acceptors (Lipinski definition) is 6. The molecule has 1 aromatic rings. The molecule has 8 heteroatoms. The zero-order valence-corrected chi connectivity index (χ0v) is 16.2. The van der Waals surface area contributed by atoms with Crippen molar-refractivity contribution in [3.63, 3.8) is 0 Å². The van der Waals surface area contributed by atoms with Gasteiger partial charge in [-0.15, -0.1) is 0 Å². The van der Waals surface area contributed by atoms with Gasteiger partial charge in [-0.2, -0.15) is 4.98 Å². The lowest BCUT2D eigenvalue weighted by molar-refractivity contribution is -0.148. The number of amides is 1. The standard InChI is InChI=1S/C19H27N5O3/c1-12(25)23-8-13-9-24(11-19(13,10-23)17(26)27)16-14-6-4-5-7-15(14)20-18(21-16)22(2)3/h13H,4-11H2,1-3H3,(H,26,27)/t13-,19-/m0/s1. The molecule has 2 fully saturated rings. The predicted molar refractivity (Wildman–Crippen MR) is 101 cm³/mol. The van der Waals surface area contributed by atoms with Gasteiger partial charge in [0.15, 0.2) is 0 Å². The Hall–Kier alpha value is -2.38. The number of carbonyl (C=O) groups excluding carboxylic acids is 1. The van der Waals surface area contributed by atoms with Gasteiger partial charge >= 0.3 is 5.97 Å². The second kappa shape index (κ2) is 6.35. The highest BCUT2D eigenvalue weighted by Gasteiger charge is 2.58. The largest absolute Gasteiger partial charge is 0.481 e. The number of carboxylic acid groups (broad SMARTS) is 1. The molecular formula is C19H27N5O3. The number of fused-ring (bicyclic) bond motifs is 2. The van der Waals surface area contributed by atoms with Crippen molar-refractivity contribution < 1.29 is 14.7 Å². The van der Waals surface area contributed by atoms with Gasteiger partial charge in [0.25, 0.3) is 0 Å². The van der Waals surface area contributed by atoms with Crippen molar-refractivity contribution in [2.45, 2.75) is 32.6 Å². The quantitative estimate of drug-likeness (QED) is 0.838. The molecule has 3 heterocycles. The van der Waals surface area contributed by atoms with Gasteiger partial charge < -0.3 is 19.8 Å². The molecule has 1 aromatic heterocycles. The first kappa shape index (κ1) is 18.0. The molecule has 2 aliphatic heterocycles. The minimum absolute atomic E-state index is 0.0501. The van der Waals surface area contributed by atoms with Crippen LogP contribution in [0.25, 0.3) is 0 Å². The van der Waals surface area contributed by atoms with Crippen LogP contribution in [0.2, 0.25) is 0 Å². The molecule has 4 rings (SSSR count). The number of aliphatic carboxylic acids is 1. The molecule has 0 spiro atoms. The summed E-state index contributed by atoms with van der Waals surface area (Å²) in [6.45, 7) is 3.32. The summed E-state index contributed by atoms with van der Waals surface area (Å²) in [5.41, 5.74) is 1.37. The molecule has 1 aliphatic carbocycles. The van der Waals surface area contributed by atoms with E-state index in [4.69, 9.17) is 9.97 Å². The van der Waals surface area contributed by atoms with E-state index in [-0.39, 0.29) is 18.4 Å². The third-order valence-corrected chi connectivity index (χ3v) is 6.33. The van der Waals surface area contributed by atoms with E-state index in [0.29, 0.717) is 25.6 Å². The van der Waals surface area contributed by atoms with E-state index in [9.17, 15) is 14.7 Å². The molecule has 0 unspecified atom stereocenters. The normalized spacial score (nSPS) is 26.7. The molecule has 8 nitrogen and oxygen atoms in total. The molecule has 2 saturated heterocycles. The zero-order valence-electron chi connectivity index (χ0n) is 16.2. The van der Waals surface area contributed by atoms with Gasteiger partial charge in [-0.05, 0) is 25.7 Å². The molecule has 0 radical (unpaired) electrons. The minimum Gasteiger partial charge on any atom is -0.481 e. The monoisotopic (exact) mass is 373 g/mol. The fourth-order valence-electron chi connectivity index (χ4n) is 4.79. The Kier molecular flexibility index (Phi) is 4.24. The van der Waals surface area contributed by atoms with E-state index in [2.05, 4.69) is 4.90 Å². The van der Waals surface area contributed by atoms with Gasteiger partial charge in [0, 0.05) is 58.7 Å². The molecule has 0 saturated carbocycles. The van der Waals surface area contributed by atoms with Gasteiger partial charge in [-0.25, -0.2) is 4.98 Å². The Bertz CT molecular complexity index is 796. The topological polar surface area (TPSA) is 89.9 Å². The van der Waals surface area contributed by atoms with E-state index in [1.54, 1.807) is 4.90 Å². The number of aromatic nitrogens is 2. The number of carbonyl (C=O) groups is 2. The molecule has 27 heavy (non-hydrogen) atoms. The van der Waals surface area contributed by atoms with Crippen molar-refractivity contribution in [3.05, 3.63) is 11.3 Å². The second-order valence-electron chi connectivity index (χ2n) is 8.31. The van der Waals surface area contributed by atoms with Gasteiger partial charge in [0.2, 0.25) is 11.9 Å². The number of rotatable bonds is 3. The lowest BCUT2D eigenvalue weighted by atomic mass is 9.81. The van der Waals surface area contributed by atoms with Crippen molar-refractivity contribution in [2.75, 3.05) is 50.1 Å². The summed E-state index contributed by atoms with van der Waals surface area (Å²) in [6, 6.07) is 0. The minimum atomic E-state index is -0.906. The Labute approximate surface area is 159 Å². The summed E-state index contributed by atoms with van der Waals surface area (Å²) in [6.07, 6.45) is 4.14. The average Bonchev–Trinajstić information content (AvgIpc) is 3.16. The summed E-state index contributed by atoms with van der Waals surface area (Å²) >= 11 is 0. The number of nitrogens with zero attached hydrogens (tertiary/aromatic N) is 5. The molecule has 146 valence electrons. The molecule has 0 aromatic carbocycles. The first-order valence-corrected chi connectivity index (χ1v) is 9.63. The van der Waals surface area contributed by atoms with E-state index in [1.165, 1.54) is 12.5 Å². The number of aryl methyl sites for hydroxylation is 1. The molecule has 2 atom stereocenters. The van der Waals surface area contributed by atoms with Gasteiger partial charge in [0.05, 0.1) is 5.69 Å². The van der Waals surface area contributed by atoms with Crippen molar-refractivity contribution in [2.24, 2.45) is 11.3 Å². The Morgan fingerprint density at radius 1 is 1.15 bits per heavy atom. The smallest absolute Gasteiger partial charge is 0.313 e. The predicted octanol–water partition coefficient (Wildman–Crippen LogP) is 0.791. The van der Waals surface area contributed by atoms with Gasteiger partial charge in [0.1, 0.15) is 11.2 Å². The highest BCUT2D eigenvalue weighted by Crippen LogP contribution is 2.45. The summed E-state index contributed by atoms with van der Waals surface area (Å²) in [4.78, 5) is 39.3. The third-order valence-electron chi connectivity index (χ3n) is 6.33. The van der Waals surface area contributed by atoms with Crippen LogP contribution in [-0.4, -0.2) is 72.1 Å². The third kappa shape index (κ3) is 2.82. The van der Waals surface area contributed by atoms with E-state index >= 15 is 0 Å². The Balaban J connectivity index is 1.71. The van der Waals surface area contributed by atoms with E-state index in [0.717, 1.165) is 37.2 Å². The van der Waals surface area contributed by atoms with E-state index < -0.39 is 11.4 Å². The summed E-state index contributed by atoms with van der Waals surface area (Å²) < 4.78 is 0.